The fourth-order valence-electron chi connectivity index (χ4n) is 3.02. The highest BCUT2D eigenvalue weighted by Gasteiger charge is 2.25. The summed E-state index contributed by atoms with van der Waals surface area (Å²) in [5, 5.41) is 6.33. The Morgan fingerprint density at radius 2 is 2.30 bits per heavy atom. The maximum absolute atomic E-state index is 12.7. The van der Waals surface area contributed by atoms with Crippen molar-refractivity contribution in [3.05, 3.63) is 35.2 Å². The van der Waals surface area contributed by atoms with Crippen LogP contribution in [0.4, 0.5) is 0 Å². The van der Waals surface area contributed by atoms with Crippen LogP contribution in [-0.4, -0.2) is 37.5 Å². The van der Waals surface area contributed by atoms with Gasteiger partial charge < -0.3 is 10.2 Å². The zero-order chi connectivity index (χ0) is 13.9. The first kappa shape index (κ1) is 13.6. The molecule has 1 saturated heterocycles. The smallest absolute Gasteiger partial charge is 0.255 e. The minimum atomic E-state index is 0.197. The van der Waals surface area contributed by atoms with Gasteiger partial charge in [-0.3, -0.25) is 4.79 Å². The van der Waals surface area contributed by atoms with Crippen molar-refractivity contribution >= 4 is 27.3 Å². The number of nitrogens with one attached hydrogen (secondary N) is 1. The highest BCUT2D eigenvalue weighted by molar-refractivity contribution is 7.17. The third-order valence-electron chi connectivity index (χ3n) is 4.01. The molecule has 1 aromatic heterocycles. The first-order valence-corrected chi connectivity index (χ1v) is 8.07. The normalized spacial score (nSPS) is 19.4. The third-order valence-corrected chi connectivity index (χ3v) is 4.97. The van der Waals surface area contributed by atoms with E-state index in [9.17, 15) is 4.79 Å². The molecule has 1 fully saturated rings. The molecule has 1 atom stereocenters. The number of hydrogen-bond donors (Lipinski definition) is 1. The summed E-state index contributed by atoms with van der Waals surface area (Å²) in [5.41, 5.74) is 0.871. The summed E-state index contributed by atoms with van der Waals surface area (Å²) in [4.78, 5) is 14.8. The largest absolute Gasteiger partial charge is 0.338 e. The molecule has 1 N–H and O–H groups in total. The molecule has 4 heteroatoms. The molecular formula is C16H20N2OS. The van der Waals surface area contributed by atoms with Crippen molar-refractivity contribution in [1.29, 1.82) is 0 Å². The number of rotatable bonds is 3. The molecule has 1 aliphatic rings. The fourth-order valence-corrected chi connectivity index (χ4v) is 3.95. The van der Waals surface area contributed by atoms with Crippen molar-refractivity contribution in [2.75, 3.05) is 26.7 Å². The topological polar surface area (TPSA) is 32.3 Å². The van der Waals surface area contributed by atoms with E-state index in [0.717, 1.165) is 37.0 Å². The number of piperidine rings is 1. The van der Waals surface area contributed by atoms with Crippen molar-refractivity contribution in [2.45, 2.75) is 12.8 Å². The van der Waals surface area contributed by atoms with Crippen LogP contribution in [0.1, 0.15) is 23.2 Å². The summed E-state index contributed by atoms with van der Waals surface area (Å²) in [6.07, 6.45) is 2.33. The second-order valence-electron chi connectivity index (χ2n) is 5.46. The quantitative estimate of drug-likeness (QED) is 0.941. The van der Waals surface area contributed by atoms with E-state index in [1.54, 1.807) is 11.3 Å². The minimum absolute atomic E-state index is 0.197. The number of nitrogens with zero attached hydrogens (tertiary/aromatic N) is 1. The molecule has 106 valence electrons. The van der Waals surface area contributed by atoms with E-state index in [0.29, 0.717) is 5.92 Å². The number of likely N-dealkylation sites (tertiary alicyclic amines) is 1. The van der Waals surface area contributed by atoms with Crippen molar-refractivity contribution in [3.63, 3.8) is 0 Å². The number of fused-ring (bicyclic) bond motifs is 1. The lowest BCUT2D eigenvalue weighted by atomic mass is 9.97. The Labute approximate surface area is 123 Å². The van der Waals surface area contributed by atoms with Crippen LogP contribution in [0.15, 0.2) is 29.6 Å². The van der Waals surface area contributed by atoms with Crippen LogP contribution in [0, 0.1) is 5.92 Å². The van der Waals surface area contributed by atoms with Gasteiger partial charge in [-0.15, -0.1) is 11.3 Å². The van der Waals surface area contributed by atoms with Crippen LogP contribution in [-0.2, 0) is 0 Å². The molecule has 1 amide bonds. The lowest BCUT2D eigenvalue weighted by molar-refractivity contribution is 0.0677. The van der Waals surface area contributed by atoms with Crippen LogP contribution in [0.25, 0.3) is 10.1 Å². The molecule has 1 aliphatic heterocycles. The zero-order valence-corrected chi connectivity index (χ0v) is 12.6. The molecule has 0 saturated carbocycles. The predicted octanol–water partition coefficient (Wildman–Crippen LogP) is 2.97. The molecule has 3 rings (SSSR count). The molecule has 1 aromatic carbocycles. The maximum Gasteiger partial charge on any atom is 0.255 e. The first-order valence-electron chi connectivity index (χ1n) is 7.19. The Morgan fingerprint density at radius 3 is 3.15 bits per heavy atom. The zero-order valence-electron chi connectivity index (χ0n) is 11.8. The molecule has 3 nitrogen and oxygen atoms in total. The molecule has 2 heterocycles. The monoisotopic (exact) mass is 288 g/mol. The highest BCUT2D eigenvalue weighted by Crippen LogP contribution is 2.28. The molecule has 1 unspecified atom stereocenters. The van der Waals surface area contributed by atoms with Crippen LogP contribution in [0.3, 0.4) is 0 Å². The standard InChI is InChI=1S/C16H20N2OS/c1-17-9-12-5-4-8-18(10-12)16(19)14-11-20-15-7-3-2-6-13(14)15/h2-3,6-7,11-12,17H,4-5,8-10H2,1H3. The summed E-state index contributed by atoms with van der Waals surface area (Å²) >= 11 is 1.66. The number of amides is 1. The van der Waals surface area contributed by atoms with E-state index in [4.69, 9.17) is 0 Å². The van der Waals surface area contributed by atoms with Crippen LogP contribution < -0.4 is 5.32 Å². The molecule has 2 aromatic rings. The Kier molecular flexibility index (Phi) is 4.03. The second-order valence-corrected chi connectivity index (χ2v) is 6.37. The van der Waals surface area contributed by atoms with Gasteiger partial charge in [0.1, 0.15) is 0 Å². The summed E-state index contributed by atoms with van der Waals surface area (Å²) < 4.78 is 1.19. The summed E-state index contributed by atoms with van der Waals surface area (Å²) in [6, 6.07) is 8.16. The van der Waals surface area contributed by atoms with Gasteiger partial charge in [0.15, 0.2) is 0 Å². The van der Waals surface area contributed by atoms with Gasteiger partial charge in [0.2, 0.25) is 0 Å². The van der Waals surface area contributed by atoms with E-state index in [1.165, 1.54) is 11.1 Å². The van der Waals surface area contributed by atoms with Gasteiger partial charge in [-0.05, 0) is 38.4 Å². The molecule has 0 aliphatic carbocycles. The van der Waals surface area contributed by atoms with Gasteiger partial charge >= 0.3 is 0 Å². The first-order chi connectivity index (χ1) is 9.79. The van der Waals surface area contributed by atoms with Crippen molar-refractivity contribution in [3.8, 4) is 0 Å². The molecule has 0 bridgehead atoms. The summed E-state index contributed by atoms with van der Waals surface area (Å²) in [6.45, 7) is 2.77. The Morgan fingerprint density at radius 1 is 1.45 bits per heavy atom. The number of hydrogen-bond acceptors (Lipinski definition) is 3. The number of benzene rings is 1. The predicted molar refractivity (Wildman–Crippen MR) is 84.4 cm³/mol. The lowest BCUT2D eigenvalue weighted by Crippen LogP contribution is -2.42. The summed E-state index contributed by atoms with van der Waals surface area (Å²) in [7, 11) is 1.98. The van der Waals surface area contributed by atoms with E-state index >= 15 is 0 Å². The van der Waals surface area contributed by atoms with Gasteiger partial charge in [0, 0.05) is 28.6 Å². The van der Waals surface area contributed by atoms with Gasteiger partial charge in [0.25, 0.3) is 5.91 Å². The average Bonchev–Trinajstić information content (AvgIpc) is 2.91. The van der Waals surface area contributed by atoms with Crippen molar-refractivity contribution in [1.82, 2.24) is 10.2 Å². The van der Waals surface area contributed by atoms with Gasteiger partial charge in [0.05, 0.1) is 5.56 Å². The Hall–Kier alpha value is -1.39. The van der Waals surface area contributed by atoms with E-state index in [1.807, 2.05) is 35.5 Å². The molecule has 0 spiro atoms. The minimum Gasteiger partial charge on any atom is -0.338 e. The Balaban J connectivity index is 1.81. The molecule has 0 radical (unpaired) electrons. The maximum atomic E-state index is 12.7. The lowest BCUT2D eigenvalue weighted by Gasteiger charge is -2.32. The van der Waals surface area contributed by atoms with Gasteiger partial charge in [-0.25, -0.2) is 0 Å². The Bertz CT molecular complexity index is 605. The van der Waals surface area contributed by atoms with E-state index < -0.39 is 0 Å². The van der Waals surface area contributed by atoms with Crippen molar-refractivity contribution < 1.29 is 4.79 Å². The molecular weight excluding hydrogens is 268 g/mol. The average molecular weight is 288 g/mol. The van der Waals surface area contributed by atoms with E-state index in [2.05, 4.69) is 11.4 Å². The number of carbonyl (C=O) groups is 1. The van der Waals surface area contributed by atoms with Crippen LogP contribution in [0.5, 0.6) is 0 Å². The van der Waals surface area contributed by atoms with Crippen molar-refractivity contribution in [2.24, 2.45) is 5.92 Å². The van der Waals surface area contributed by atoms with Gasteiger partial charge in [-0.1, -0.05) is 18.2 Å². The number of thiophene rings is 1. The van der Waals surface area contributed by atoms with Gasteiger partial charge in [-0.2, -0.15) is 0 Å². The SMILES string of the molecule is CNCC1CCCN(C(=O)c2csc3ccccc23)C1. The van der Waals surface area contributed by atoms with Crippen LogP contribution in [0.2, 0.25) is 0 Å². The van der Waals surface area contributed by atoms with Crippen LogP contribution >= 0.6 is 11.3 Å². The molecule has 20 heavy (non-hydrogen) atoms. The van der Waals surface area contributed by atoms with E-state index in [-0.39, 0.29) is 5.91 Å². The third kappa shape index (κ3) is 2.58. The number of carbonyl (C=O) groups excluding carboxylic acids is 1. The second kappa shape index (κ2) is 5.94. The fraction of sp³-hybridized carbons (Fsp3) is 0.438. The summed E-state index contributed by atoms with van der Waals surface area (Å²) in [5.74, 6) is 0.783. The highest BCUT2D eigenvalue weighted by atomic mass is 32.1.